The van der Waals surface area contributed by atoms with Gasteiger partial charge in [0.1, 0.15) is 0 Å². The molecule has 2 aromatic carbocycles. The third-order valence-electron chi connectivity index (χ3n) is 6.05. The minimum Gasteiger partial charge on any atom is -0.335 e. The topological polar surface area (TPSA) is 54.5 Å². The molecule has 0 unspecified atom stereocenters. The highest BCUT2D eigenvalue weighted by Crippen LogP contribution is 2.34. The molecule has 4 heteroatoms. The van der Waals surface area contributed by atoms with Gasteiger partial charge < -0.3 is 4.90 Å². The first-order valence-corrected chi connectivity index (χ1v) is 10.4. The maximum Gasteiger partial charge on any atom is 0.289 e. The third-order valence-corrected chi connectivity index (χ3v) is 6.05. The van der Waals surface area contributed by atoms with Crippen molar-refractivity contribution >= 4 is 28.2 Å². The largest absolute Gasteiger partial charge is 0.335 e. The number of likely N-dealkylation sites (tertiary alicyclic amines) is 1. The number of ketones is 2. The van der Waals surface area contributed by atoms with Crippen LogP contribution in [0.2, 0.25) is 0 Å². The Hall–Kier alpha value is -2.49. The van der Waals surface area contributed by atoms with Gasteiger partial charge in [0, 0.05) is 31.0 Å². The smallest absolute Gasteiger partial charge is 0.289 e. The van der Waals surface area contributed by atoms with Crippen LogP contribution in [0, 0.1) is 11.8 Å². The second-order valence-corrected chi connectivity index (χ2v) is 8.59. The third kappa shape index (κ3) is 3.36. The molecule has 4 nitrogen and oxygen atoms in total. The summed E-state index contributed by atoms with van der Waals surface area (Å²) in [6.45, 7) is 4.79. The minimum absolute atomic E-state index is 0.101. The predicted molar refractivity (Wildman–Crippen MR) is 109 cm³/mol. The van der Waals surface area contributed by atoms with E-state index in [1.165, 1.54) is 16.5 Å². The molecule has 28 heavy (non-hydrogen) atoms. The highest BCUT2D eigenvalue weighted by Gasteiger charge is 2.32. The summed E-state index contributed by atoms with van der Waals surface area (Å²) >= 11 is 0. The number of carbonyl (C=O) groups excluding carboxylic acids is 3. The van der Waals surface area contributed by atoms with Gasteiger partial charge in [-0.25, -0.2) is 0 Å². The summed E-state index contributed by atoms with van der Waals surface area (Å²) in [6.07, 6.45) is 3.87. The molecular formula is C24H27NO3. The van der Waals surface area contributed by atoms with E-state index < -0.39 is 5.91 Å². The number of hydrogen-bond donors (Lipinski definition) is 0. The van der Waals surface area contributed by atoms with Crippen LogP contribution in [0.25, 0.3) is 10.8 Å². The lowest BCUT2D eigenvalue weighted by Crippen LogP contribution is -2.45. The van der Waals surface area contributed by atoms with Gasteiger partial charge in [0.2, 0.25) is 5.78 Å². The Bertz CT molecular complexity index is 949. The Morgan fingerprint density at radius 3 is 2.57 bits per heavy atom. The molecule has 0 N–H and O–H groups in total. The zero-order chi connectivity index (χ0) is 19.8. The second-order valence-electron chi connectivity index (χ2n) is 8.59. The van der Waals surface area contributed by atoms with Crippen molar-refractivity contribution in [2.75, 3.05) is 13.1 Å². The Morgan fingerprint density at radius 2 is 1.82 bits per heavy atom. The number of rotatable bonds is 5. The molecule has 1 aliphatic carbocycles. The van der Waals surface area contributed by atoms with Crippen LogP contribution < -0.4 is 0 Å². The van der Waals surface area contributed by atoms with E-state index in [0.717, 1.165) is 36.6 Å². The quantitative estimate of drug-likeness (QED) is 0.585. The van der Waals surface area contributed by atoms with Gasteiger partial charge in [0.25, 0.3) is 5.91 Å². The summed E-state index contributed by atoms with van der Waals surface area (Å²) in [6, 6.07) is 10.3. The van der Waals surface area contributed by atoms with Crippen molar-refractivity contribution in [1.29, 1.82) is 0 Å². The van der Waals surface area contributed by atoms with E-state index in [-0.39, 0.29) is 29.8 Å². The lowest BCUT2D eigenvalue weighted by Gasteiger charge is -2.32. The first-order valence-electron chi connectivity index (χ1n) is 10.4. The molecular weight excluding hydrogens is 350 g/mol. The van der Waals surface area contributed by atoms with Gasteiger partial charge in [-0.3, -0.25) is 14.4 Å². The molecule has 1 fully saturated rings. The number of amides is 1. The summed E-state index contributed by atoms with van der Waals surface area (Å²) in [7, 11) is 0. The van der Waals surface area contributed by atoms with Gasteiger partial charge in [-0.05, 0) is 53.5 Å². The summed E-state index contributed by atoms with van der Waals surface area (Å²) in [5.41, 5.74) is 3.40. The molecule has 1 saturated heterocycles. The van der Waals surface area contributed by atoms with E-state index in [1.54, 1.807) is 4.90 Å². The van der Waals surface area contributed by atoms with E-state index in [2.05, 4.69) is 12.1 Å². The SMILES string of the molecule is CC(C)CC(=O)C(=O)N1CCC[C@@H](C(=O)c2ccc3c4c(cccc24)CC3)C1. The van der Waals surface area contributed by atoms with E-state index in [0.29, 0.717) is 13.1 Å². The normalized spacial score (nSPS) is 18.7. The highest BCUT2D eigenvalue weighted by atomic mass is 16.2. The molecule has 1 heterocycles. The number of hydrogen-bond acceptors (Lipinski definition) is 3. The van der Waals surface area contributed by atoms with Crippen LogP contribution in [-0.2, 0) is 22.4 Å². The Morgan fingerprint density at radius 1 is 1.07 bits per heavy atom. The molecule has 0 bridgehead atoms. The first kappa shape index (κ1) is 18.9. The highest BCUT2D eigenvalue weighted by molar-refractivity contribution is 6.36. The predicted octanol–water partition coefficient (Wildman–Crippen LogP) is 3.97. The number of piperidine rings is 1. The van der Waals surface area contributed by atoms with Crippen molar-refractivity contribution in [3.05, 3.63) is 47.0 Å². The molecule has 146 valence electrons. The van der Waals surface area contributed by atoms with E-state index in [4.69, 9.17) is 0 Å². The van der Waals surface area contributed by atoms with Gasteiger partial charge in [0.05, 0.1) is 0 Å². The molecule has 1 amide bonds. The molecule has 2 aliphatic rings. The molecule has 0 radical (unpaired) electrons. The molecule has 0 saturated carbocycles. The van der Waals surface area contributed by atoms with E-state index >= 15 is 0 Å². The van der Waals surface area contributed by atoms with Crippen molar-refractivity contribution < 1.29 is 14.4 Å². The molecule has 0 spiro atoms. The Balaban J connectivity index is 1.57. The number of carbonyl (C=O) groups is 3. The number of benzene rings is 2. The van der Waals surface area contributed by atoms with Crippen molar-refractivity contribution in [1.82, 2.24) is 4.90 Å². The fraction of sp³-hybridized carbons (Fsp3) is 0.458. The monoisotopic (exact) mass is 377 g/mol. The van der Waals surface area contributed by atoms with Crippen LogP contribution in [0.15, 0.2) is 30.3 Å². The van der Waals surface area contributed by atoms with Gasteiger partial charge in [-0.1, -0.05) is 44.2 Å². The van der Waals surface area contributed by atoms with E-state index in [1.807, 2.05) is 32.0 Å². The minimum atomic E-state index is -0.424. The molecule has 1 aliphatic heterocycles. The van der Waals surface area contributed by atoms with Crippen LogP contribution in [-0.4, -0.2) is 35.5 Å². The number of aryl methyl sites for hydroxylation is 2. The van der Waals surface area contributed by atoms with Crippen LogP contribution in [0.4, 0.5) is 0 Å². The Kier molecular flexibility index (Phi) is 5.05. The summed E-state index contributed by atoms with van der Waals surface area (Å²) in [4.78, 5) is 39.6. The van der Waals surface area contributed by atoms with Crippen LogP contribution in [0.5, 0.6) is 0 Å². The molecule has 1 atom stereocenters. The van der Waals surface area contributed by atoms with Crippen molar-refractivity contribution in [2.24, 2.45) is 11.8 Å². The summed E-state index contributed by atoms with van der Waals surface area (Å²) in [5.74, 6) is -0.736. The second kappa shape index (κ2) is 7.50. The van der Waals surface area contributed by atoms with Crippen molar-refractivity contribution in [2.45, 2.75) is 46.0 Å². The maximum absolute atomic E-state index is 13.3. The average Bonchev–Trinajstić information content (AvgIpc) is 3.12. The van der Waals surface area contributed by atoms with Crippen LogP contribution in [0.1, 0.15) is 54.6 Å². The lowest BCUT2D eigenvalue weighted by molar-refractivity contribution is -0.146. The van der Waals surface area contributed by atoms with Crippen LogP contribution in [0.3, 0.4) is 0 Å². The first-order chi connectivity index (χ1) is 13.5. The van der Waals surface area contributed by atoms with Gasteiger partial charge in [0.15, 0.2) is 5.78 Å². The van der Waals surface area contributed by atoms with Gasteiger partial charge >= 0.3 is 0 Å². The molecule has 2 aromatic rings. The van der Waals surface area contributed by atoms with Gasteiger partial charge in [-0.2, -0.15) is 0 Å². The summed E-state index contributed by atoms with van der Waals surface area (Å²) in [5, 5.41) is 2.28. The molecule has 0 aromatic heterocycles. The fourth-order valence-electron chi connectivity index (χ4n) is 4.69. The van der Waals surface area contributed by atoms with Crippen molar-refractivity contribution in [3.63, 3.8) is 0 Å². The maximum atomic E-state index is 13.3. The standard InChI is InChI=1S/C24H27NO3/c1-15(2)13-21(26)24(28)25-12-4-6-18(14-25)23(27)20-11-10-17-9-8-16-5-3-7-19(20)22(16)17/h3,5,7,10-11,15,18H,4,6,8-9,12-14H2,1-2H3/t18-/m1/s1. The zero-order valence-corrected chi connectivity index (χ0v) is 16.7. The summed E-state index contributed by atoms with van der Waals surface area (Å²) < 4.78 is 0. The zero-order valence-electron chi connectivity index (χ0n) is 16.7. The number of Topliss-reactive ketones (excluding diaryl/α,β-unsaturated/α-hetero) is 2. The molecule has 4 rings (SSSR count). The Labute approximate surface area is 165 Å². The van der Waals surface area contributed by atoms with Gasteiger partial charge in [-0.15, -0.1) is 0 Å². The van der Waals surface area contributed by atoms with Crippen LogP contribution >= 0.6 is 0 Å². The number of nitrogens with zero attached hydrogens (tertiary/aromatic N) is 1. The average molecular weight is 377 g/mol. The van der Waals surface area contributed by atoms with Crippen molar-refractivity contribution in [3.8, 4) is 0 Å². The van der Waals surface area contributed by atoms with E-state index in [9.17, 15) is 14.4 Å². The lowest BCUT2D eigenvalue weighted by atomic mass is 9.87. The fourth-order valence-corrected chi connectivity index (χ4v) is 4.69.